The van der Waals surface area contributed by atoms with Crippen molar-refractivity contribution in [2.45, 2.75) is 0 Å². The van der Waals surface area contributed by atoms with Crippen LogP contribution in [0.3, 0.4) is 0 Å². The van der Waals surface area contributed by atoms with E-state index in [1.165, 1.54) is 92.9 Å². The van der Waals surface area contributed by atoms with Crippen LogP contribution in [0.2, 0.25) is 0 Å². The number of benzene rings is 8. The molecule has 0 bridgehead atoms. The maximum atomic E-state index is 3.95. The molecule has 229 valence electrons. The van der Waals surface area contributed by atoms with Gasteiger partial charge in [-0.25, -0.2) is 0 Å². The molecule has 50 heavy (non-hydrogen) atoms. The number of H-pyrrole nitrogens is 1. The van der Waals surface area contributed by atoms with Gasteiger partial charge in [-0.1, -0.05) is 133 Å². The van der Waals surface area contributed by atoms with Gasteiger partial charge in [0.1, 0.15) is 0 Å². The number of hydrogen-bond acceptors (Lipinski definition) is 1. The van der Waals surface area contributed by atoms with Crippen molar-refractivity contribution in [3.05, 3.63) is 158 Å². The molecule has 11 aromatic rings. The quantitative estimate of drug-likeness (QED) is 0.192. The van der Waals surface area contributed by atoms with Crippen molar-refractivity contribution in [1.82, 2.24) is 9.38 Å². The average Bonchev–Trinajstić information content (AvgIpc) is 3.85. The van der Waals surface area contributed by atoms with Crippen LogP contribution in [0.25, 0.3) is 81.8 Å². The zero-order chi connectivity index (χ0) is 32.5. The Balaban J connectivity index is 1.29. The molecule has 0 unspecified atom stereocenters. The van der Waals surface area contributed by atoms with Gasteiger partial charge in [0.15, 0.2) is 7.28 Å². The Morgan fingerprint density at radius 1 is 0.460 bits per heavy atom. The van der Waals surface area contributed by atoms with E-state index >= 15 is 0 Å². The molecule has 0 fully saturated rings. The summed E-state index contributed by atoms with van der Waals surface area (Å²) in [6.07, 6.45) is 0. The minimum atomic E-state index is 1.13. The number of hydrogen-bond donors (Lipinski definition) is 1. The van der Waals surface area contributed by atoms with Gasteiger partial charge in [0, 0.05) is 60.2 Å². The van der Waals surface area contributed by atoms with E-state index in [2.05, 4.69) is 179 Å². The first-order valence-electron chi connectivity index (χ1n) is 17.3. The molecule has 3 nitrogen and oxygen atoms in total. The molecule has 1 N–H and O–H groups in total. The average molecular weight is 633 g/mol. The van der Waals surface area contributed by atoms with Gasteiger partial charge in [-0.3, -0.25) is 0 Å². The number of rotatable bonds is 4. The standard InChI is InChI=1S/C46H27BN3/c1-3-13-28(14-4-1)49(29-15-5-2-6-16-29)39-26-37(32-19-9-18-31-33-25-24-27-12-7-8-17-30(27)42(33)48-43(31)32)41-46-40(39)36-22-10-20-34-35-21-11-23-38(47-41)45(35)50(46)44(34)36/h1-26,48H. The zero-order valence-corrected chi connectivity index (χ0v) is 27.0. The third-order valence-electron chi connectivity index (χ3n) is 11.0. The second kappa shape index (κ2) is 9.55. The van der Waals surface area contributed by atoms with Crippen LogP contribution in [-0.4, -0.2) is 16.7 Å². The molecule has 0 saturated heterocycles. The van der Waals surface area contributed by atoms with Gasteiger partial charge in [-0.05, 0) is 46.7 Å². The van der Waals surface area contributed by atoms with Crippen molar-refractivity contribution in [1.29, 1.82) is 0 Å². The molecule has 0 atom stereocenters. The Labute approximate surface area is 288 Å². The van der Waals surface area contributed by atoms with Gasteiger partial charge in [0.05, 0.1) is 27.8 Å². The van der Waals surface area contributed by atoms with E-state index in [-0.39, 0.29) is 0 Å². The fourth-order valence-corrected chi connectivity index (χ4v) is 9.03. The number of aromatic amines is 1. The van der Waals surface area contributed by atoms with Gasteiger partial charge in [0.2, 0.25) is 0 Å². The molecule has 0 aliphatic carbocycles. The second-order valence-corrected chi connectivity index (χ2v) is 13.6. The first-order valence-corrected chi connectivity index (χ1v) is 17.3. The summed E-state index contributed by atoms with van der Waals surface area (Å²) in [6, 6.07) is 57.7. The maximum Gasteiger partial charge on any atom is 0.197 e. The third kappa shape index (κ3) is 3.30. The monoisotopic (exact) mass is 632 g/mol. The normalized spacial score (nSPS) is 12.6. The SMILES string of the molecule is [B]1c2cccc3c4cccc5c6c(N(c7ccccc7)c7ccccc7)cc(-c7cccc8c7[nH]c7c9ccccc9ccc87)c1c6n(c23)c45. The molecule has 4 heteroatoms. The Hall–Kier alpha value is -6.52. The molecule has 3 aromatic heterocycles. The van der Waals surface area contributed by atoms with Crippen LogP contribution in [-0.2, 0) is 0 Å². The highest BCUT2D eigenvalue weighted by molar-refractivity contribution is 6.75. The van der Waals surface area contributed by atoms with Crippen LogP contribution in [0.4, 0.5) is 17.1 Å². The lowest BCUT2D eigenvalue weighted by Crippen LogP contribution is -2.34. The van der Waals surface area contributed by atoms with Gasteiger partial charge in [-0.15, -0.1) is 0 Å². The molecule has 1 aliphatic rings. The van der Waals surface area contributed by atoms with Gasteiger partial charge in [-0.2, -0.15) is 0 Å². The van der Waals surface area contributed by atoms with Crippen molar-refractivity contribution in [3.63, 3.8) is 0 Å². The smallest absolute Gasteiger partial charge is 0.197 e. The molecular formula is C46H27BN3. The summed E-state index contributed by atoms with van der Waals surface area (Å²) in [6.45, 7) is 0. The number of anilines is 3. The summed E-state index contributed by atoms with van der Waals surface area (Å²) in [5.74, 6) is 0. The maximum absolute atomic E-state index is 3.95. The van der Waals surface area contributed by atoms with E-state index in [4.69, 9.17) is 0 Å². The fourth-order valence-electron chi connectivity index (χ4n) is 9.03. The van der Waals surface area contributed by atoms with Gasteiger partial charge < -0.3 is 14.3 Å². The van der Waals surface area contributed by atoms with E-state index in [1.807, 2.05) is 0 Å². The lowest BCUT2D eigenvalue weighted by Gasteiger charge is -2.29. The lowest BCUT2D eigenvalue weighted by atomic mass is 9.59. The van der Waals surface area contributed by atoms with Crippen molar-refractivity contribution in [2.24, 2.45) is 0 Å². The summed E-state index contributed by atoms with van der Waals surface area (Å²) in [5, 5.41) is 10.2. The summed E-state index contributed by atoms with van der Waals surface area (Å²) in [5.41, 5.74) is 14.6. The van der Waals surface area contributed by atoms with E-state index in [9.17, 15) is 0 Å². The highest BCUT2D eigenvalue weighted by atomic mass is 15.1. The lowest BCUT2D eigenvalue weighted by molar-refractivity contribution is 1.30. The highest BCUT2D eigenvalue weighted by Gasteiger charge is 2.31. The number of nitrogens with one attached hydrogen (secondary N) is 1. The molecule has 4 heterocycles. The Morgan fingerprint density at radius 2 is 1.10 bits per heavy atom. The zero-order valence-electron chi connectivity index (χ0n) is 27.0. The molecule has 0 spiro atoms. The molecule has 8 aromatic carbocycles. The van der Waals surface area contributed by atoms with Crippen LogP contribution in [0, 0.1) is 0 Å². The van der Waals surface area contributed by atoms with E-state index in [0.717, 1.165) is 16.9 Å². The third-order valence-corrected chi connectivity index (χ3v) is 11.0. The largest absolute Gasteiger partial charge is 0.353 e. The summed E-state index contributed by atoms with van der Waals surface area (Å²) in [4.78, 5) is 6.40. The van der Waals surface area contributed by atoms with E-state index in [0.29, 0.717) is 0 Å². The Bertz CT molecular complexity index is 3130. The van der Waals surface area contributed by atoms with Crippen LogP contribution in [0.1, 0.15) is 0 Å². The van der Waals surface area contributed by atoms with E-state index < -0.39 is 0 Å². The predicted octanol–water partition coefficient (Wildman–Crippen LogP) is 10.7. The van der Waals surface area contributed by atoms with Crippen molar-refractivity contribution >= 4 is 106 Å². The summed E-state index contributed by atoms with van der Waals surface area (Å²) >= 11 is 0. The van der Waals surface area contributed by atoms with Crippen molar-refractivity contribution in [2.75, 3.05) is 4.90 Å². The number of aromatic nitrogens is 2. The predicted molar refractivity (Wildman–Crippen MR) is 213 cm³/mol. The van der Waals surface area contributed by atoms with Gasteiger partial charge >= 0.3 is 0 Å². The summed E-state index contributed by atoms with van der Waals surface area (Å²) in [7, 11) is 2.44. The molecule has 1 radical (unpaired) electrons. The number of para-hydroxylation sites is 5. The molecule has 0 saturated carbocycles. The van der Waals surface area contributed by atoms with Crippen LogP contribution in [0.15, 0.2) is 158 Å². The second-order valence-electron chi connectivity index (χ2n) is 13.6. The molecule has 1 aliphatic heterocycles. The minimum absolute atomic E-state index is 1.13. The van der Waals surface area contributed by atoms with E-state index in [1.54, 1.807) is 0 Å². The first kappa shape index (κ1) is 26.4. The van der Waals surface area contributed by atoms with Crippen molar-refractivity contribution in [3.8, 4) is 11.1 Å². The van der Waals surface area contributed by atoms with Crippen LogP contribution >= 0.6 is 0 Å². The molecular weight excluding hydrogens is 605 g/mol. The minimum Gasteiger partial charge on any atom is -0.353 e. The molecule has 12 rings (SSSR count). The van der Waals surface area contributed by atoms with Crippen LogP contribution < -0.4 is 15.8 Å². The van der Waals surface area contributed by atoms with Gasteiger partial charge in [0.25, 0.3) is 0 Å². The number of nitrogens with zero attached hydrogens (tertiary/aromatic N) is 2. The number of fused-ring (bicyclic) bond motifs is 7. The Morgan fingerprint density at radius 3 is 1.92 bits per heavy atom. The highest BCUT2D eigenvalue weighted by Crippen LogP contribution is 2.48. The van der Waals surface area contributed by atoms with Crippen molar-refractivity contribution < 1.29 is 0 Å². The first-order chi connectivity index (χ1) is 24.8. The summed E-state index contributed by atoms with van der Waals surface area (Å²) < 4.78 is 2.57. The fraction of sp³-hybridized carbons (Fsp3) is 0. The molecule has 0 amide bonds. The van der Waals surface area contributed by atoms with Crippen LogP contribution in [0.5, 0.6) is 0 Å². The Kier molecular flexibility index (Phi) is 5.05. The topological polar surface area (TPSA) is 23.4 Å².